The third-order valence-corrected chi connectivity index (χ3v) is 2.64. The first-order valence-corrected chi connectivity index (χ1v) is 4.36. The number of hydrazone groups is 1. The molecule has 2 aliphatic rings. The van der Waals surface area contributed by atoms with Crippen LogP contribution >= 0.6 is 0 Å². The van der Waals surface area contributed by atoms with Crippen molar-refractivity contribution in [1.29, 1.82) is 0 Å². The first-order valence-electron chi connectivity index (χ1n) is 4.36. The standard InChI is InChI=1S/C8H15N3/c1-6-7-4-8(11-10-6)2-3-9-5-7/h7-9,11H,2-5H2,1H3. The van der Waals surface area contributed by atoms with Crippen LogP contribution in [0, 0.1) is 5.92 Å². The Morgan fingerprint density at radius 3 is 3.36 bits per heavy atom. The second kappa shape index (κ2) is 2.81. The summed E-state index contributed by atoms with van der Waals surface area (Å²) < 4.78 is 0. The first kappa shape index (κ1) is 7.10. The fourth-order valence-corrected chi connectivity index (χ4v) is 1.82. The molecule has 1 fully saturated rings. The first-order chi connectivity index (χ1) is 5.36. The molecule has 0 amide bonds. The van der Waals surface area contributed by atoms with E-state index in [9.17, 15) is 0 Å². The third-order valence-electron chi connectivity index (χ3n) is 2.64. The van der Waals surface area contributed by atoms with Gasteiger partial charge < -0.3 is 10.7 Å². The largest absolute Gasteiger partial charge is 0.316 e. The predicted octanol–water partition coefficient (Wildman–Crippen LogP) is 0.334. The highest BCUT2D eigenvalue weighted by Gasteiger charge is 2.24. The van der Waals surface area contributed by atoms with Gasteiger partial charge in [0.25, 0.3) is 0 Å². The zero-order valence-corrected chi connectivity index (χ0v) is 6.93. The molecule has 0 saturated carbocycles. The summed E-state index contributed by atoms with van der Waals surface area (Å²) in [5.74, 6) is 0.684. The molecule has 2 unspecified atom stereocenters. The Balaban J connectivity index is 2.12. The van der Waals surface area contributed by atoms with Crippen molar-refractivity contribution in [1.82, 2.24) is 10.7 Å². The van der Waals surface area contributed by atoms with E-state index in [0.29, 0.717) is 12.0 Å². The Kier molecular flexibility index (Phi) is 1.82. The van der Waals surface area contributed by atoms with Crippen LogP contribution < -0.4 is 10.7 Å². The van der Waals surface area contributed by atoms with Gasteiger partial charge in [0.1, 0.15) is 0 Å². The summed E-state index contributed by atoms with van der Waals surface area (Å²) in [6.07, 6.45) is 2.48. The fourth-order valence-electron chi connectivity index (χ4n) is 1.82. The quantitative estimate of drug-likeness (QED) is 0.526. The van der Waals surface area contributed by atoms with E-state index >= 15 is 0 Å². The van der Waals surface area contributed by atoms with Crippen molar-refractivity contribution in [3.8, 4) is 0 Å². The highest BCUT2D eigenvalue weighted by molar-refractivity contribution is 5.84. The van der Waals surface area contributed by atoms with Crippen LogP contribution in [0.2, 0.25) is 0 Å². The number of hydrogen-bond acceptors (Lipinski definition) is 3. The monoisotopic (exact) mass is 153 g/mol. The van der Waals surface area contributed by atoms with Crippen LogP contribution in [-0.4, -0.2) is 24.8 Å². The van der Waals surface area contributed by atoms with Crippen molar-refractivity contribution in [2.75, 3.05) is 13.1 Å². The van der Waals surface area contributed by atoms with E-state index in [1.54, 1.807) is 0 Å². The molecule has 0 spiro atoms. The lowest BCUT2D eigenvalue weighted by molar-refractivity contribution is 0.432. The van der Waals surface area contributed by atoms with Gasteiger partial charge in [-0.25, -0.2) is 0 Å². The minimum atomic E-state index is 0.624. The molecule has 2 bridgehead atoms. The Hall–Kier alpha value is -0.570. The van der Waals surface area contributed by atoms with Crippen molar-refractivity contribution in [2.24, 2.45) is 11.0 Å². The van der Waals surface area contributed by atoms with E-state index in [1.165, 1.54) is 18.6 Å². The lowest BCUT2D eigenvalue weighted by Crippen LogP contribution is -2.35. The summed E-state index contributed by atoms with van der Waals surface area (Å²) >= 11 is 0. The molecule has 0 aromatic rings. The van der Waals surface area contributed by atoms with Gasteiger partial charge in [0.15, 0.2) is 0 Å². The molecule has 2 heterocycles. The zero-order valence-electron chi connectivity index (χ0n) is 6.93. The molecule has 3 nitrogen and oxygen atoms in total. The van der Waals surface area contributed by atoms with Gasteiger partial charge in [-0.2, -0.15) is 5.10 Å². The van der Waals surface area contributed by atoms with Crippen molar-refractivity contribution < 1.29 is 0 Å². The van der Waals surface area contributed by atoms with Gasteiger partial charge in [-0.1, -0.05) is 0 Å². The molecule has 1 saturated heterocycles. The molecule has 0 aliphatic carbocycles. The van der Waals surface area contributed by atoms with Crippen LogP contribution in [0.4, 0.5) is 0 Å². The van der Waals surface area contributed by atoms with Crippen LogP contribution in [0.5, 0.6) is 0 Å². The van der Waals surface area contributed by atoms with Crippen LogP contribution in [0.3, 0.4) is 0 Å². The molecule has 11 heavy (non-hydrogen) atoms. The number of rotatable bonds is 0. The van der Waals surface area contributed by atoms with Crippen LogP contribution in [-0.2, 0) is 0 Å². The maximum Gasteiger partial charge on any atom is 0.0459 e. The fraction of sp³-hybridized carbons (Fsp3) is 0.875. The highest BCUT2D eigenvalue weighted by atomic mass is 15.3. The van der Waals surface area contributed by atoms with Gasteiger partial charge in [-0.05, 0) is 26.3 Å². The predicted molar refractivity (Wildman–Crippen MR) is 45.6 cm³/mol. The van der Waals surface area contributed by atoms with E-state index in [0.717, 1.165) is 13.1 Å². The normalized spacial score (nSPS) is 37.0. The molecule has 3 heteroatoms. The Morgan fingerprint density at radius 2 is 2.45 bits per heavy atom. The molecule has 2 N–H and O–H groups in total. The van der Waals surface area contributed by atoms with Crippen molar-refractivity contribution in [3.05, 3.63) is 0 Å². The van der Waals surface area contributed by atoms with E-state index in [4.69, 9.17) is 0 Å². The smallest absolute Gasteiger partial charge is 0.0459 e. The molecule has 62 valence electrons. The number of nitrogens with zero attached hydrogens (tertiary/aromatic N) is 1. The molecule has 2 atom stereocenters. The summed E-state index contributed by atoms with van der Waals surface area (Å²) in [5, 5.41) is 7.73. The molecule has 2 rings (SSSR count). The van der Waals surface area contributed by atoms with Crippen molar-refractivity contribution in [3.63, 3.8) is 0 Å². The summed E-state index contributed by atoms with van der Waals surface area (Å²) in [4.78, 5) is 0. The topological polar surface area (TPSA) is 36.4 Å². The SMILES string of the molecule is CC1=NNC2CCNCC1C2. The average molecular weight is 153 g/mol. The second-order valence-corrected chi connectivity index (χ2v) is 3.50. The molecular formula is C8H15N3. The summed E-state index contributed by atoms with van der Waals surface area (Å²) in [5.41, 5.74) is 4.45. The minimum absolute atomic E-state index is 0.624. The van der Waals surface area contributed by atoms with E-state index in [1.807, 2.05) is 0 Å². The maximum atomic E-state index is 4.30. The van der Waals surface area contributed by atoms with Gasteiger partial charge >= 0.3 is 0 Å². The van der Waals surface area contributed by atoms with Crippen LogP contribution in [0.1, 0.15) is 19.8 Å². The molecule has 0 aromatic heterocycles. The van der Waals surface area contributed by atoms with Gasteiger partial charge in [0.2, 0.25) is 0 Å². The highest BCUT2D eigenvalue weighted by Crippen LogP contribution is 2.17. The Morgan fingerprint density at radius 1 is 1.55 bits per heavy atom. The molecule has 2 aliphatic heterocycles. The molecular weight excluding hydrogens is 138 g/mol. The lowest BCUT2D eigenvalue weighted by atomic mass is 9.95. The average Bonchev–Trinajstić information content (AvgIpc) is 2.21. The van der Waals surface area contributed by atoms with Crippen molar-refractivity contribution in [2.45, 2.75) is 25.8 Å². The summed E-state index contributed by atoms with van der Waals surface area (Å²) in [6, 6.07) is 0.624. The van der Waals surface area contributed by atoms with Gasteiger partial charge in [0.05, 0.1) is 0 Å². The van der Waals surface area contributed by atoms with Crippen molar-refractivity contribution >= 4 is 5.71 Å². The third kappa shape index (κ3) is 1.38. The van der Waals surface area contributed by atoms with Crippen LogP contribution in [0.15, 0.2) is 5.10 Å². The summed E-state index contributed by atoms with van der Waals surface area (Å²) in [6.45, 7) is 4.37. The van der Waals surface area contributed by atoms with Gasteiger partial charge in [0, 0.05) is 24.2 Å². The van der Waals surface area contributed by atoms with E-state index in [-0.39, 0.29) is 0 Å². The number of nitrogens with one attached hydrogen (secondary N) is 2. The molecule has 0 radical (unpaired) electrons. The second-order valence-electron chi connectivity index (χ2n) is 3.50. The van der Waals surface area contributed by atoms with E-state index in [2.05, 4.69) is 22.8 Å². The van der Waals surface area contributed by atoms with Crippen LogP contribution in [0.25, 0.3) is 0 Å². The maximum absolute atomic E-state index is 4.30. The lowest BCUT2D eigenvalue weighted by Gasteiger charge is -2.24. The van der Waals surface area contributed by atoms with Gasteiger partial charge in [-0.15, -0.1) is 0 Å². The van der Waals surface area contributed by atoms with E-state index < -0.39 is 0 Å². The summed E-state index contributed by atoms with van der Waals surface area (Å²) in [7, 11) is 0. The Labute approximate surface area is 67.2 Å². The van der Waals surface area contributed by atoms with Gasteiger partial charge in [-0.3, -0.25) is 0 Å². The zero-order chi connectivity index (χ0) is 7.68. The number of fused-ring (bicyclic) bond motifs is 2. The minimum Gasteiger partial charge on any atom is -0.316 e. The Bertz CT molecular complexity index is 176. The number of hydrogen-bond donors (Lipinski definition) is 2. The molecule has 0 aromatic carbocycles.